The van der Waals surface area contributed by atoms with Gasteiger partial charge in [-0.15, -0.1) is 0 Å². The first kappa shape index (κ1) is 21.7. The Balaban J connectivity index is 4.63. The molecule has 0 aliphatic carbocycles. The van der Waals surface area contributed by atoms with Crippen LogP contribution in [0.15, 0.2) is 0 Å². The molecule has 0 aromatic carbocycles. The van der Waals surface area contributed by atoms with Crippen LogP contribution in [-0.2, 0) is 23.9 Å². The fourth-order valence-electron chi connectivity index (χ4n) is 1.48. The molecule has 0 aromatic heterocycles. The predicted octanol–water partition coefficient (Wildman–Crippen LogP) is 0.213. The van der Waals surface area contributed by atoms with Gasteiger partial charge >= 0.3 is 12.1 Å². The van der Waals surface area contributed by atoms with Crippen LogP contribution in [-0.4, -0.2) is 47.7 Å². The van der Waals surface area contributed by atoms with Gasteiger partial charge in [0.15, 0.2) is 0 Å². The highest BCUT2D eigenvalue weighted by Crippen LogP contribution is 2.10. The van der Waals surface area contributed by atoms with Gasteiger partial charge in [-0.3, -0.25) is 9.59 Å². The predicted molar refractivity (Wildman–Crippen MR) is 85.8 cm³/mol. The molecule has 0 aliphatic heterocycles. The third-order valence-electron chi connectivity index (χ3n) is 2.22. The second-order valence-electron chi connectivity index (χ2n) is 7.18. The molecule has 0 spiro atoms. The van der Waals surface area contributed by atoms with Crippen molar-refractivity contribution in [2.75, 3.05) is 6.54 Å². The van der Waals surface area contributed by atoms with Crippen molar-refractivity contribution in [2.24, 2.45) is 5.73 Å². The first-order valence-corrected chi connectivity index (χ1v) is 7.47. The van der Waals surface area contributed by atoms with Crippen LogP contribution in [0.4, 0.5) is 4.79 Å². The molecule has 0 radical (unpaired) electrons. The Morgan fingerprint density at radius 3 is 1.88 bits per heavy atom. The highest BCUT2D eigenvalue weighted by atomic mass is 16.6. The summed E-state index contributed by atoms with van der Waals surface area (Å²) in [5, 5.41) is 4.55. The number of esters is 1. The summed E-state index contributed by atoms with van der Waals surface area (Å²) in [7, 11) is 0. The second-order valence-corrected chi connectivity index (χ2v) is 7.18. The summed E-state index contributed by atoms with van der Waals surface area (Å²) in [4.78, 5) is 46.4. The fourth-order valence-corrected chi connectivity index (χ4v) is 1.48. The number of hydrogen-bond acceptors (Lipinski definition) is 6. The van der Waals surface area contributed by atoms with Crippen molar-refractivity contribution in [3.05, 3.63) is 0 Å². The summed E-state index contributed by atoms with van der Waals surface area (Å²) in [6.07, 6.45) is -1.19. The van der Waals surface area contributed by atoms with E-state index in [4.69, 9.17) is 15.2 Å². The van der Waals surface area contributed by atoms with Crippen LogP contribution in [0.1, 0.15) is 48.0 Å². The van der Waals surface area contributed by atoms with Gasteiger partial charge in [-0.1, -0.05) is 0 Å². The smallest absolute Gasteiger partial charge is 0.408 e. The summed E-state index contributed by atoms with van der Waals surface area (Å²) in [5.74, 6) is -2.24. The van der Waals surface area contributed by atoms with Gasteiger partial charge in [0.25, 0.3) is 0 Å². The van der Waals surface area contributed by atoms with Crippen LogP contribution >= 0.6 is 0 Å². The number of amides is 3. The van der Waals surface area contributed by atoms with E-state index in [9.17, 15) is 19.2 Å². The van der Waals surface area contributed by atoms with Gasteiger partial charge in [0.1, 0.15) is 23.8 Å². The molecule has 0 fully saturated rings. The molecule has 0 aromatic rings. The van der Waals surface area contributed by atoms with Crippen molar-refractivity contribution in [3.8, 4) is 0 Å². The van der Waals surface area contributed by atoms with Gasteiger partial charge in [0.2, 0.25) is 11.8 Å². The highest BCUT2D eigenvalue weighted by Gasteiger charge is 2.28. The molecule has 1 unspecified atom stereocenters. The first-order chi connectivity index (χ1) is 10.7. The van der Waals surface area contributed by atoms with Crippen molar-refractivity contribution >= 4 is 23.9 Å². The molecule has 1 atom stereocenters. The van der Waals surface area contributed by atoms with E-state index in [0.29, 0.717) is 0 Å². The Morgan fingerprint density at radius 1 is 0.958 bits per heavy atom. The Kier molecular flexibility index (Phi) is 7.69. The monoisotopic (exact) mass is 345 g/mol. The lowest BCUT2D eigenvalue weighted by atomic mass is 10.1. The van der Waals surface area contributed by atoms with Crippen molar-refractivity contribution < 1.29 is 28.7 Å². The summed E-state index contributed by atoms with van der Waals surface area (Å²) in [5.41, 5.74) is 3.59. The molecule has 0 heterocycles. The van der Waals surface area contributed by atoms with Crippen LogP contribution in [0.25, 0.3) is 0 Å². The minimum absolute atomic E-state index is 0.410. The van der Waals surface area contributed by atoms with E-state index < -0.39 is 54.1 Å². The number of ether oxygens (including phenoxy) is 2. The molecule has 138 valence electrons. The van der Waals surface area contributed by atoms with Gasteiger partial charge in [-0.05, 0) is 41.5 Å². The summed E-state index contributed by atoms with van der Waals surface area (Å²) in [6, 6.07) is -1.23. The molecule has 9 heteroatoms. The largest absolute Gasteiger partial charge is 0.458 e. The minimum atomic E-state index is -1.23. The lowest BCUT2D eigenvalue weighted by Gasteiger charge is -2.24. The van der Waals surface area contributed by atoms with Gasteiger partial charge in [0, 0.05) is 0 Å². The number of carbonyl (C=O) groups excluding carboxylic acids is 4. The molecule has 0 aliphatic rings. The minimum Gasteiger partial charge on any atom is -0.458 e. The SMILES string of the molecule is CC(C)(C)OC(=O)NCC(=O)NC(CC(N)=O)C(=O)OC(C)(C)C. The van der Waals surface area contributed by atoms with Crippen molar-refractivity contribution in [3.63, 3.8) is 0 Å². The van der Waals surface area contributed by atoms with Crippen LogP contribution in [0.3, 0.4) is 0 Å². The second kappa shape index (κ2) is 8.51. The number of hydrogen-bond donors (Lipinski definition) is 3. The lowest BCUT2D eigenvalue weighted by molar-refractivity contribution is -0.159. The van der Waals surface area contributed by atoms with E-state index >= 15 is 0 Å². The topological polar surface area (TPSA) is 137 Å². The molecule has 3 amide bonds. The zero-order chi connectivity index (χ0) is 19.1. The first-order valence-electron chi connectivity index (χ1n) is 7.47. The normalized spacial score (nSPS) is 12.8. The summed E-state index contributed by atoms with van der Waals surface area (Å²) in [6.45, 7) is 9.56. The van der Waals surface area contributed by atoms with Crippen molar-refractivity contribution in [2.45, 2.75) is 65.2 Å². The highest BCUT2D eigenvalue weighted by molar-refractivity contribution is 5.90. The van der Waals surface area contributed by atoms with E-state index in [1.165, 1.54) is 0 Å². The van der Waals surface area contributed by atoms with E-state index in [0.717, 1.165) is 0 Å². The maximum Gasteiger partial charge on any atom is 0.408 e. The Hall–Kier alpha value is -2.32. The van der Waals surface area contributed by atoms with E-state index in [1.807, 2.05) is 0 Å². The average molecular weight is 345 g/mol. The lowest BCUT2D eigenvalue weighted by Crippen LogP contribution is -2.49. The van der Waals surface area contributed by atoms with Crippen molar-refractivity contribution in [1.82, 2.24) is 10.6 Å². The van der Waals surface area contributed by atoms with Gasteiger partial charge in [0.05, 0.1) is 6.42 Å². The van der Waals surface area contributed by atoms with E-state index in [1.54, 1.807) is 41.5 Å². The Labute approximate surface area is 141 Å². The number of primary amides is 1. The molecule has 0 saturated carbocycles. The van der Waals surface area contributed by atoms with Gasteiger partial charge in [-0.2, -0.15) is 0 Å². The number of nitrogens with one attached hydrogen (secondary N) is 2. The third kappa shape index (κ3) is 11.3. The summed E-state index contributed by atoms with van der Waals surface area (Å²) >= 11 is 0. The average Bonchev–Trinajstić information content (AvgIpc) is 2.30. The molecule has 0 bridgehead atoms. The maximum atomic E-state index is 12.0. The molecule has 4 N–H and O–H groups in total. The number of nitrogens with two attached hydrogens (primary N) is 1. The molecule has 0 rings (SSSR count). The van der Waals surface area contributed by atoms with E-state index in [2.05, 4.69) is 10.6 Å². The Morgan fingerprint density at radius 2 is 1.46 bits per heavy atom. The Bertz CT molecular complexity index is 490. The molecule has 24 heavy (non-hydrogen) atoms. The zero-order valence-corrected chi connectivity index (χ0v) is 15.0. The molecular weight excluding hydrogens is 318 g/mol. The summed E-state index contributed by atoms with van der Waals surface area (Å²) < 4.78 is 10.1. The third-order valence-corrected chi connectivity index (χ3v) is 2.22. The van der Waals surface area contributed by atoms with Crippen LogP contribution in [0.5, 0.6) is 0 Å². The van der Waals surface area contributed by atoms with Crippen LogP contribution in [0, 0.1) is 0 Å². The number of carbonyl (C=O) groups is 4. The molecular formula is C15H27N3O6. The fraction of sp³-hybridized carbons (Fsp3) is 0.733. The number of alkyl carbamates (subject to hydrolysis) is 1. The quantitative estimate of drug-likeness (QED) is 0.589. The van der Waals surface area contributed by atoms with Crippen molar-refractivity contribution in [1.29, 1.82) is 0 Å². The zero-order valence-electron chi connectivity index (χ0n) is 15.0. The van der Waals surface area contributed by atoms with Gasteiger partial charge < -0.3 is 25.8 Å². The molecule has 9 nitrogen and oxygen atoms in total. The standard InChI is InChI=1S/C15H27N3O6/c1-14(2,3)23-12(21)9(7-10(16)19)18-11(20)8-17-13(22)24-15(4,5)6/h9H,7-8H2,1-6H3,(H2,16,19)(H,17,22)(H,18,20). The number of rotatable bonds is 6. The van der Waals surface area contributed by atoms with Crippen LogP contribution < -0.4 is 16.4 Å². The maximum absolute atomic E-state index is 12.0. The van der Waals surface area contributed by atoms with Crippen LogP contribution in [0.2, 0.25) is 0 Å². The van der Waals surface area contributed by atoms with E-state index in [-0.39, 0.29) is 0 Å². The molecule has 0 saturated heterocycles. The van der Waals surface area contributed by atoms with Gasteiger partial charge in [-0.25, -0.2) is 9.59 Å².